The van der Waals surface area contributed by atoms with Crippen LogP contribution in [0.2, 0.25) is 0 Å². The molecule has 0 saturated carbocycles. The number of thiocarbonyl (C=S) groups is 1. The predicted molar refractivity (Wildman–Crippen MR) is 49.7 cm³/mol. The highest BCUT2D eigenvalue weighted by Crippen LogP contribution is 2.10. The summed E-state index contributed by atoms with van der Waals surface area (Å²) in [7, 11) is 0. The van der Waals surface area contributed by atoms with Gasteiger partial charge in [0.1, 0.15) is 0 Å². The van der Waals surface area contributed by atoms with Crippen molar-refractivity contribution in [3.8, 4) is 6.07 Å². The van der Waals surface area contributed by atoms with Gasteiger partial charge in [0, 0.05) is 16.9 Å². The van der Waals surface area contributed by atoms with Crippen LogP contribution in [0.15, 0.2) is 23.8 Å². The molecule has 12 heavy (non-hydrogen) atoms. The monoisotopic (exact) mass is 177 g/mol. The second-order valence-corrected chi connectivity index (χ2v) is 2.95. The standard InChI is InChI=1S/C9H7NOS/c10-5-4-9(11)7-2-1-3-8(12)6-7/h1-2,6H,3-4H2. The van der Waals surface area contributed by atoms with Gasteiger partial charge < -0.3 is 0 Å². The van der Waals surface area contributed by atoms with Crippen LogP contribution >= 0.6 is 12.2 Å². The Morgan fingerprint density at radius 2 is 2.50 bits per heavy atom. The van der Waals surface area contributed by atoms with E-state index in [-0.39, 0.29) is 12.2 Å². The summed E-state index contributed by atoms with van der Waals surface area (Å²) in [6, 6.07) is 1.81. The number of Topliss-reactive ketones (excluding diaryl/α,β-unsaturated/α-hetero) is 1. The van der Waals surface area contributed by atoms with Gasteiger partial charge in [-0.3, -0.25) is 4.79 Å². The van der Waals surface area contributed by atoms with Crippen molar-refractivity contribution in [2.45, 2.75) is 12.8 Å². The van der Waals surface area contributed by atoms with Gasteiger partial charge in [-0.2, -0.15) is 5.26 Å². The molecule has 3 heteroatoms. The van der Waals surface area contributed by atoms with E-state index in [9.17, 15) is 4.79 Å². The predicted octanol–water partition coefficient (Wildman–Crippen LogP) is 1.73. The zero-order valence-electron chi connectivity index (χ0n) is 6.41. The third-order valence-corrected chi connectivity index (χ3v) is 1.78. The van der Waals surface area contributed by atoms with Crippen LogP contribution in [0.4, 0.5) is 0 Å². The van der Waals surface area contributed by atoms with Crippen LogP contribution in [-0.2, 0) is 4.79 Å². The van der Waals surface area contributed by atoms with Gasteiger partial charge in [0.25, 0.3) is 0 Å². The highest BCUT2D eigenvalue weighted by Gasteiger charge is 2.09. The van der Waals surface area contributed by atoms with Crippen LogP contribution in [-0.4, -0.2) is 10.6 Å². The van der Waals surface area contributed by atoms with Crippen molar-refractivity contribution in [2.75, 3.05) is 0 Å². The van der Waals surface area contributed by atoms with E-state index in [4.69, 9.17) is 17.5 Å². The maximum Gasteiger partial charge on any atom is 0.176 e. The number of carbonyl (C=O) groups is 1. The summed E-state index contributed by atoms with van der Waals surface area (Å²) in [4.78, 5) is 11.9. The van der Waals surface area contributed by atoms with Gasteiger partial charge >= 0.3 is 0 Å². The van der Waals surface area contributed by atoms with Crippen molar-refractivity contribution < 1.29 is 4.79 Å². The normalized spacial score (nSPS) is 15.2. The van der Waals surface area contributed by atoms with Crippen molar-refractivity contribution in [3.63, 3.8) is 0 Å². The van der Waals surface area contributed by atoms with Gasteiger partial charge in [0.05, 0.1) is 12.5 Å². The summed E-state index contributed by atoms with van der Waals surface area (Å²) in [6.07, 6.45) is 5.87. The van der Waals surface area contributed by atoms with Crippen LogP contribution in [0.3, 0.4) is 0 Å². The molecule has 0 N–H and O–H groups in total. The number of nitriles is 1. The van der Waals surface area contributed by atoms with Gasteiger partial charge in [0.2, 0.25) is 0 Å². The highest BCUT2D eigenvalue weighted by atomic mass is 32.1. The molecule has 0 aliphatic heterocycles. The minimum absolute atomic E-state index is 0.0706. The average Bonchev–Trinajstić information content (AvgIpc) is 2.05. The molecule has 0 heterocycles. The lowest BCUT2D eigenvalue weighted by atomic mass is 10.0. The van der Waals surface area contributed by atoms with E-state index in [2.05, 4.69) is 0 Å². The molecule has 1 rings (SSSR count). The smallest absolute Gasteiger partial charge is 0.176 e. The fourth-order valence-corrected chi connectivity index (χ4v) is 1.15. The van der Waals surface area contributed by atoms with E-state index in [1.807, 2.05) is 12.1 Å². The molecule has 0 spiro atoms. The Balaban J connectivity index is 2.76. The summed E-state index contributed by atoms with van der Waals surface area (Å²) in [6.45, 7) is 0. The molecule has 1 aliphatic carbocycles. The second kappa shape index (κ2) is 3.93. The molecular weight excluding hydrogens is 170 g/mol. The number of ketones is 1. The maximum atomic E-state index is 11.1. The number of carbonyl (C=O) groups excluding carboxylic acids is 1. The summed E-state index contributed by atoms with van der Waals surface area (Å²) in [5.74, 6) is -0.157. The quantitative estimate of drug-likeness (QED) is 0.603. The lowest BCUT2D eigenvalue weighted by Crippen LogP contribution is -2.04. The molecule has 0 aromatic rings. The fraction of sp³-hybridized carbons (Fsp3) is 0.222. The lowest BCUT2D eigenvalue weighted by Gasteiger charge is -2.03. The summed E-state index contributed by atoms with van der Waals surface area (Å²) >= 11 is 4.92. The number of rotatable bonds is 2. The van der Waals surface area contributed by atoms with E-state index < -0.39 is 0 Å². The molecule has 60 valence electrons. The Morgan fingerprint density at radius 3 is 3.08 bits per heavy atom. The Morgan fingerprint density at radius 1 is 1.75 bits per heavy atom. The number of allylic oxidation sites excluding steroid dienone is 4. The SMILES string of the molecule is N#CCC(=O)C1=CC(=S)CC=C1. The Bertz CT molecular complexity index is 320. The van der Waals surface area contributed by atoms with Gasteiger partial charge in [-0.05, 0) is 6.08 Å². The first-order chi connectivity index (χ1) is 5.74. The zero-order valence-corrected chi connectivity index (χ0v) is 7.23. The topological polar surface area (TPSA) is 40.9 Å². The van der Waals surface area contributed by atoms with E-state index >= 15 is 0 Å². The zero-order chi connectivity index (χ0) is 8.97. The Kier molecular flexibility index (Phi) is 2.89. The highest BCUT2D eigenvalue weighted by molar-refractivity contribution is 7.80. The molecule has 0 bridgehead atoms. The molecule has 0 atom stereocenters. The Labute approximate surface area is 76.2 Å². The van der Waals surface area contributed by atoms with Crippen LogP contribution in [0.1, 0.15) is 12.8 Å². The van der Waals surface area contributed by atoms with Crippen molar-refractivity contribution >= 4 is 22.9 Å². The van der Waals surface area contributed by atoms with Gasteiger partial charge in [0.15, 0.2) is 5.78 Å². The molecule has 0 unspecified atom stereocenters. The number of nitrogens with zero attached hydrogens (tertiary/aromatic N) is 1. The molecule has 0 aromatic carbocycles. The van der Waals surface area contributed by atoms with Crippen molar-refractivity contribution in [1.29, 1.82) is 5.26 Å². The van der Waals surface area contributed by atoms with Crippen LogP contribution < -0.4 is 0 Å². The third kappa shape index (κ3) is 2.11. The molecule has 0 amide bonds. The largest absolute Gasteiger partial charge is 0.293 e. The van der Waals surface area contributed by atoms with E-state index in [0.29, 0.717) is 5.57 Å². The first-order valence-electron chi connectivity index (χ1n) is 3.55. The molecule has 1 aliphatic rings. The van der Waals surface area contributed by atoms with Crippen molar-refractivity contribution in [2.24, 2.45) is 0 Å². The first-order valence-corrected chi connectivity index (χ1v) is 3.96. The molecule has 0 aromatic heterocycles. The van der Waals surface area contributed by atoms with E-state index in [1.54, 1.807) is 12.2 Å². The van der Waals surface area contributed by atoms with E-state index in [1.165, 1.54) is 0 Å². The first kappa shape index (κ1) is 8.82. The molecule has 0 fully saturated rings. The van der Waals surface area contributed by atoms with Crippen LogP contribution in [0, 0.1) is 11.3 Å². The molecule has 0 radical (unpaired) electrons. The van der Waals surface area contributed by atoms with Crippen LogP contribution in [0.5, 0.6) is 0 Å². The van der Waals surface area contributed by atoms with Gasteiger partial charge in [-0.15, -0.1) is 0 Å². The minimum Gasteiger partial charge on any atom is -0.293 e. The summed E-state index contributed by atoms with van der Waals surface area (Å²) in [5.41, 5.74) is 0.549. The molecule has 2 nitrogen and oxygen atoms in total. The Hall–Kier alpha value is -1.27. The van der Waals surface area contributed by atoms with Crippen molar-refractivity contribution in [1.82, 2.24) is 0 Å². The minimum atomic E-state index is -0.157. The van der Waals surface area contributed by atoms with Crippen molar-refractivity contribution in [3.05, 3.63) is 23.8 Å². The number of hydrogen-bond acceptors (Lipinski definition) is 3. The van der Waals surface area contributed by atoms with Gasteiger partial charge in [-0.1, -0.05) is 24.4 Å². The molecule has 0 saturated heterocycles. The lowest BCUT2D eigenvalue weighted by molar-refractivity contribution is -0.114. The number of hydrogen-bond donors (Lipinski definition) is 0. The summed E-state index contributed by atoms with van der Waals surface area (Å²) < 4.78 is 0. The maximum absolute atomic E-state index is 11.1. The second-order valence-electron chi connectivity index (χ2n) is 2.43. The van der Waals surface area contributed by atoms with E-state index in [0.717, 1.165) is 11.3 Å². The fourth-order valence-electron chi connectivity index (χ4n) is 0.930. The average molecular weight is 177 g/mol. The molecular formula is C9H7NOS. The summed E-state index contributed by atoms with van der Waals surface area (Å²) in [5, 5.41) is 8.28. The third-order valence-electron chi connectivity index (χ3n) is 1.49. The van der Waals surface area contributed by atoms with Gasteiger partial charge in [-0.25, -0.2) is 0 Å². The van der Waals surface area contributed by atoms with Crippen LogP contribution in [0.25, 0.3) is 0 Å².